The van der Waals surface area contributed by atoms with Crippen LogP contribution in [0.25, 0.3) is 10.9 Å². The highest BCUT2D eigenvalue weighted by Crippen LogP contribution is 2.25. The zero-order valence-corrected chi connectivity index (χ0v) is 14.5. The topological polar surface area (TPSA) is 20.2 Å². The van der Waals surface area contributed by atoms with Crippen molar-refractivity contribution in [2.24, 2.45) is 0 Å². The number of likely N-dealkylation sites (N-methyl/N-ethyl adjacent to an activating group) is 1. The maximum atomic E-state index is 6.17. The molecule has 0 saturated carbocycles. The Morgan fingerprint density at radius 2 is 1.95 bits per heavy atom. The first-order chi connectivity index (χ1) is 9.76. The van der Waals surface area contributed by atoms with E-state index in [0.29, 0.717) is 0 Å². The quantitative estimate of drug-likeness (QED) is 0.908. The second-order valence-corrected chi connectivity index (χ2v) is 7.35. The molecule has 0 aliphatic carbocycles. The summed E-state index contributed by atoms with van der Waals surface area (Å²) in [5, 5.41) is 5.65. The van der Waals surface area contributed by atoms with Gasteiger partial charge in [0.2, 0.25) is 0 Å². The molecule has 1 heterocycles. The summed E-state index contributed by atoms with van der Waals surface area (Å²) < 4.78 is 2.31. The Hall–Kier alpha value is -1.03. The van der Waals surface area contributed by atoms with E-state index in [2.05, 4.69) is 68.0 Å². The molecule has 0 aliphatic heterocycles. The SMILES string of the molecule is CN(C)CCn1cc(CNC(C)(C)C)c2ccc(Cl)cc21. The molecule has 0 spiro atoms. The van der Waals surface area contributed by atoms with E-state index in [-0.39, 0.29) is 5.54 Å². The van der Waals surface area contributed by atoms with Crippen LogP contribution >= 0.6 is 11.6 Å². The maximum absolute atomic E-state index is 6.17. The third kappa shape index (κ3) is 4.47. The largest absolute Gasteiger partial charge is 0.346 e. The lowest BCUT2D eigenvalue weighted by Gasteiger charge is -2.20. The molecule has 2 aromatic rings. The normalized spacial score (nSPS) is 12.5. The summed E-state index contributed by atoms with van der Waals surface area (Å²) in [7, 11) is 4.20. The van der Waals surface area contributed by atoms with Crippen molar-refractivity contribution in [2.45, 2.75) is 39.4 Å². The Morgan fingerprint density at radius 1 is 1.24 bits per heavy atom. The molecule has 21 heavy (non-hydrogen) atoms. The molecule has 0 fully saturated rings. The highest BCUT2D eigenvalue weighted by molar-refractivity contribution is 6.31. The molecule has 1 aromatic carbocycles. The fourth-order valence-corrected chi connectivity index (χ4v) is 2.50. The molecule has 0 aliphatic rings. The van der Waals surface area contributed by atoms with E-state index in [1.807, 2.05) is 6.07 Å². The van der Waals surface area contributed by atoms with E-state index in [0.717, 1.165) is 24.7 Å². The Morgan fingerprint density at radius 3 is 2.57 bits per heavy atom. The summed E-state index contributed by atoms with van der Waals surface area (Å²) in [4.78, 5) is 2.20. The summed E-state index contributed by atoms with van der Waals surface area (Å²) in [6.07, 6.45) is 2.25. The van der Waals surface area contributed by atoms with Crippen LogP contribution in [0.2, 0.25) is 5.02 Å². The predicted octanol–water partition coefficient (Wildman–Crippen LogP) is 3.74. The summed E-state index contributed by atoms with van der Waals surface area (Å²) in [5.74, 6) is 0. The van der Waals surface area contributed by atoms with Crippen LogP contribution in [-0.4, -0.2) is 35.6 Å². The zero-order chi connectivity index (χ0) is 15.6. The molecule has 0 atom stereocenters. The van der Waals surface area contributed by atoms with Crippen LogP contribution < -0.4 is 5.32 Å². The Bertz CT molecular complexity index is 608. The van der Waals surface area contributed by atoms with E-state index in [1.165, 1.54) is 16.5 Å². The monoisotopic (exact) mass is 307 g/mol. The number of halogens is 1. The Labute approximate surface area is 132 Å². The van der Waals surface area contributed by atoms with Crippen LogP contribution in [0.3, 0.4) is 0 Å². The fourth-order valence-electron chi connectivity index (χ4n) is 2.34. The van der Waals surface area contributed by atoms with Gasteiger partial charge in [0, 0.05) is 47.3 Å². The standard InChI is InChI=1S/C17H26ClN3/c1-17(2,3)19-11-13-12-21(9-8-20(4)5)16-10-14(18)6-7-15(13)16/h6-7,10,12,19H,8-9,11H2,1-5H3. The van der Waals surface area contributed by atoms with Crippen LogP contribution in [0.1, 0.15) is 26.3 Å². The van der Waals surface area contributed by atoms with E-state index < -0.39 is 0 Å². The molecule has 1 N–H and O–H groups in total. The third-order valence-electron chi connectivity index (χ3n) is 3.52. The number of benzene rings is 1. The van der Waals surface area contributed by atoms with Crippen LogP contribution in [-0.2, 0) is 13.1 Å². The van der Waals surface area contributed by atoms with Gasteiger partial charge in [-0.3, -0.25) is 0 Å². The first-order valence-corrected chi connectivity index (χ1v) is 7.81. The van der Waals surface area contributed by atoms with Crippen LogP contribution in [0.15, 0.2) is 24.4 Å². The van der Waals surface area contributed by atoms with Crippen molar-refractivity contribution in [3.63, 3.8) is 0 Å². The average molecular weight is 308 g/mol. The van der Waals surface area contributed by atoms with Crippen LogP contribution in [0.4, 0.5) is 0 Å². The van der Waals surface area contributed by atoms with Gasteiger partial charge in [0.05, 0.1) is 0 Å². The second-order valence-electron chi connectivity index (χ2n) is 6.92. The lowest BCUT2D eigenvalue weighted by atomic mass is 10.1. The van der Waals surface area contributed by atoms with Crippen molar-refractivity contribution in [3.8, 4) is 0 Å². The third-order valence-corrected chi connectivity index (χ3v) is 3.76. The lowest BCUT2D eigenvalue weighted by molar-refractivity contribution is 0.386. The molecule has 4 heteroatoms. The summed E-state index contributed by atoms with van der Waals surface area (Å²) in [6.45, 7) is 9.43. The molecule has 3 nitrogen and oxygen atoms in total. The molecule has 0 bridgehead atoms. The van der Waals surface area contributed by atoms with Crippen molar-refractivity contribution in [3.05, 3.63) is 35.0 Å². The number of nitrogens with one attached hydrogen (secondary N) is 1. The number of aromatic nitrogens is 1. The van der Waals surface area contributed by atoms with Crippen LogP contribution in [0, 0.1) is 0 Å². The minimum Gasteiger partial charge on any atom is -0.346 e. The molecule has 0 unspecified atom stereocenters. The van der Waals surface area contributed by atoms with Gasteiger partial charge in [-0.15, -0.1) is 0 Å². The van der Waals surface area contributed by atoms with Crippen molar-refractivity contribution >= 4 is 22.5 Å². The number of rotatable bonds is 5. The lowest BCUT2D eigenvalue weighted by Crippen LogP contribution is -2.35. The Kier molecular flexibility index (Phi) is 4.97. The van der Waals surface area contributed by atoms with Gasteiger partial charge in [-0.25, -0.2) is 0 Å². The van der Waals surface area contributed by atoms with Gasteiger partial charge in [0.25, 0.3) is 0 Å². The first kappa shape index (κ1) is 16.3. The smallest absolute Gasteiger partial charge is 0.0499 e. The molecule has 0 saturated heterocycles. The van der Waals surface area contributed by atoms with E-state index in [9.17, 15) is 0 Å². The molecular formula is C17H26ClN3. The molecule has 0 amide bonds. The molecule has 0 radical (unpaired) electrons. The molecule has 2 rings (SSSR count). The van der Waals surface area contributed by atoms with Crippen molar-refractivity contribution in [1.82, 2.24) is 14.8 Å². The second kappa shape index (κ2) is 6.39. The molecule has 1 aromatic heterocycles. The average Bonchev–Trinajstić information content (AvgIpc) is 2.70. The fraction of sp³-hybridized carbons (Fsp3) is 0.529. The highest BCUT2D eigenvalue weighted by atomic mass is 35.5. The molecular weight excluding hydrogens is 282 g/mol. The minimum atomic E-state index is 0.116. The number of hydrogen-bond acceptors (Lipinski definition) is 2. The summed E-state index contributed by atoms with van der Waals surface area (Å²) in [6, 6.07) is 6.16. The van der Waals surface area contributed by atoms with Crippen molar-refractivity contribution < 1.29 is 0 Å². The maximum Gasteiger partial charge on any atom is 0.0499 e. The van der Waals surface area contributed by atoms with E-state index >= 15 is 0 Å². The summed E-state index contributed by atoms with van der Waals surface area (Å²) >= 11 is 6.17. The number of hydrogen-bond donors (Lipinski definition) is 1. The Balaban J connectivity index is 2.32. The highest BCUT2D eigenvalue weighted by Gasteiger charge is 2.13. The predicted molar refractivity (Wildman–Crippen MR) is 92.1 cm³/mol. The summed E-state index contributed by atoms with van der Waals surface area (Å²) in [5.41, 5.74) is 2.66. The van der Waals surface area contributed by atoms with Gasteiger partial charge in [0.1, 0.15) is 0 Å². The first-order valence-electron chi connectivity index (χ1n) is 7.43. The molecule has 116 valence electrons. The van der Waals surface area contributed by atoms with Crippen LogP contribution in [0.5, 0.6) is 0 Å². The van der Waals surface area contributed by atoms with E-state index in [4.69, 9.17) is 11.6 Å². The minimum absolute atomic E-state index is 0.116. The number of fused-ring (bicyclic) bond motifs is 1. The zero-order valence-electron chi connectivity index (χ0n) is 13.7. The van der Waals surface area contributed by atoms with E-state index in [1.54, 1.807) is 0 Å². The van der Waals surface area contributed by atoms with Gasteiger partial charge in [0.15, 0.2) is 0 Å². The van der Waals surface area contributed by atoms with Crippen molar-refractivity contribution in [2.75, 3.05) is 20.6 Å². The van der Waals surface area contributed by atoms with Gasteiger partial charge in [-0.2, -0.15) is 0 Å². The van der Waals surface area contributed by atoms with Gasteiger partial charge in [-0.05, 0) is 52.6 Å². The van der Waals surface area contributed by atoms with Gasteiger partial charge >= 0.3 is 0 Å². The number of nitrogens with zero attached hydrogens (tertiary/aromatic N) is 2. The van der Waals surface area contributed by atoms with Crippen molar-refractivity contribution in [1.29, 1.82) is 0 Å². The van der Waals surface area contributed by atoms with Gasteiger partial charge < -0.3 is 14.8 Å². The van der Waals surface area contributed by atoms with Gasteiger partial charge in [-0.1, -0.05) is 17.7 Å².